The number of para-hydroxylation sites is 2. The van der Waals surface area contributed by atoms with E-state index in [9.17, 15) is 10.2 Å². The molecule has 316 valence electrons. The maximum atomic E-state index is 12.0. The summed E-state index contributed by atoms with van der Waals surface area (Å²) in [5.74, 6) is 1.03. The Kier molecular flexibility index (Phi) is 9.80. The first-order valence-corrected chi connectivity index (χ1v) is 23.4. The molecule has 67 heavy (non-hydrogen) atoms. The molecule has 0 fully saturated rings. The molecule has 0 amide bonds. The maximum absolute atomic E-state index is 12.0. The molecule has 12 rings (SSSR count). The van der Waals surface area contributed by atoms with Gasteiger partial charge in [-0.1, -0.05) is 199 Å². The molecule has 2 N–H and O–H groups in total. The van der Waals surface area contributed by atoms with Crippen LogP contribution in [0.15, 0.2) is 204 Å². The first kappa shape index (κ1) is 40.6. The normalized spacial score (nSPS) is 13.9. The largest absolute Gasteiger partial charge is 0.509 e. The second kappa shape index (κ2) is 16.2. The molecule has 1 atom stereocenters. The van der Waals surface area contributed by atoms with E-state index in [1.54, 1.807) is 11.8 Å². The lowest BCUT2D eigenvalue weighted by atomic mass is 9.71. The SMILES string of the molecule is Bc1c(B)c(O)c(-c2cccc(-n3c4ccccc4c4ccc5c6ccccc6n(C6=NC(c7ccc(-c8ccccc8)cc7)=NC(c7ccccc7)S6)c5c43)c2-c2ccccc2)c(B)c1O. The molecule has 10 heteroatoms. The van der Waals surface area contributed by atoms with Gasteiger partial charge in [0.05, 0.1) is 27.8 Å². The molecule has 6 nitrogen and oxygen atoms in total. The molecule has 9 aromatic carbocycles. The van der Waals surface area contributed by atoms with Crippen LogP contribution in [-0.4, -0.2) is 53.9 Å². The van der Waals surface area contributed by atoms with Gasteiger partial charge in [0.15, 0.2) is 11.0 Å². The fourth-order valence-corrected chi connectivity index (χ4v) is 11.1. The number of rotatable bonds is 6. The van der Waals surface area contributed by atoms with E-state index in [1.165, 1.54) is 0 Å². The highest BCUT2D eigenvalue weighted by Crippen LogP contribution is 2.47. The van der Waals surface area contributed by atoms with Crippen molar-refractivity contribution in [2.24, 2.45) is 9.98 Å². The van der Waals surface area contributed by atoms with Gasteiger partial charge in [-0.15, -0.1) is 0 Å². The molecule has 11 aromatic rings. The van der Waals surface area contributed by atoms with E-state index in [0.717, 1.165) is 93.4 Å². The Morgan fingerprint density at radius 3 is 1.61 bits per heavy atom. The molecule has 0 saturated heterocycles. The summed E-state index contributed by atoms with van der Waals surface area (Å²) in [6.07, 6.45) is 0. The highest BCUT2D eigenvalue weighted by Gasteiger charge is 2.29. The molecule has 0 aliphatic carbocycles. The number of hydrogen-bond acceptors (Lipinski definition) is 5. The summed E-state index contributed by atoms with van der Waals surface area (Å²) >= 11 is 1.66. The highest BCUT2D eigenvalue weighted by molar-refractivity contribution is 8.14. The number of fused-ring (bicyclic) bond motifs is 7. The Balaban J connectivity index is 1.18. The van der Waals surface area contributed by atoms with Crippen LogP contribution in [0.5, 0.6) is 11.5 Å². The minimum atomic E-state index is -0.259. The Labute approximate surface area is 394 Å². The fourth-order valence-electron chi connectivity index (χ4n) is 10.1. The summed E-state index contributed by atoms with van der Waals surface area (Å²) < 4.78 is 4.76. The van der Waals surface area contributed by atoms with Crippen LogP contribution in [-0.2, 0) is 0 Å². The molecular formula is C57H41B3N4O2S. The highest BCUT2D eigenvalue weighted by atomic mass is 32.2. The van der Waals surface area contributed by atoms with Gasteiger partial charge >= 0.3 is 0 Å². The van der Waals surface area contributed by atoms with Gasteiger partial charge in [0, 0.05) is 38.2 Å². The lowest BCUT2D eigenvalue weighted by Gasteiger charge is -2.23. The first-order chi connectivity index (χ1) is 32.9. The summed E-state index contributed by atoms with van der Waals surface area (Å²) in [6, 6.07) is 68.0. The molecule has 0 spiro atoms. The van der Waals surface area contributed by atoms with Crippen molar-refractivity contribution in [2.75, 3.05) is 0 Å². The van der Waals surface area contributed by atoms with Crippen LogP contribution < -0.4 is 16.4 Å². The minimum absolute atomic E-state index is 0.166. The van der Waals surface area contributed by atoms with Gasteiger partial charge in [-0.3, -0.25) is 4.57 Å². The molecule has 1 unspecified atom stereocenters. The van der Waals surface area contributed by atoms with E-state index in [0.29, 0.717) is 27.8 Å². The predicted molar refractivity (Wildman–Crippen MR) is 291 cm³/mol. The third-order valence-electron chi connectivity index (χ3n) is 13.5. The topological polar surface area (TPSA) is 75.0 Å². The quantitative estimate of drug-likeness (QED) is 0.129. The maximum Gasteiger partial charge on any atom is 0.177 e. The van der Waals surface area contributed by atoms with E-state index in [2.05, 4.69) is 185 Å². The number of phenols is 2. The van der Waals surface area contributed by atoms with Crippen LogP contribution in [0.2, 0.25) is 0 Å². The van der Waals surface area contributed by atoms with E-state index >= 15 is 0 Å². The van der Waals surface area contributed by atoms with Crippen LogP contribution in [0, 0.1) is 0 Å². The number of thioether (sulfide) groups is 1. The molecule has 3 heterocycles. The summed E-state index contributed by atoms with van der Waals surface area (Å²) in [5, 5.41) is 28.5. The van der Waals surface area contributed by atoms with Crippen molar-refractivity contribution in [3.63, 3.8) is 0 Å². The van der Waals surface area contributed by atoms with Gasteiger partial charge < -0.3 is 14.8 Å². The Bertz CT molecular complexity index is 3800. The van der Waals surface area contributed by atoms with Crippen molar-refractivity contribution >= 4 is 106 Å². The number of phenolic OH excluding ortho intramolecular Hbond substituents is 2. The van der Waals surface area contributed by atoms with Crippen molar-refractivity contribution < 1.29 is 10.2 Å². The molecule has 0 saturated carbocycles. The van der Waals surface area contributed by atoms with Crippen molar-refractivity contribution in [2.45, 2.75) is 5.37 Å². The zero-order chi connectivity index (χ0) is 45.3. The average Bonchev–Trinajstić information content (AvgIpc) is 3.91. The summed E-state index contributed by atoms with van der Waals surface area (Å²) in [6.45, 7) is 0. The monoisotopic (exact) mass is 878 g/mol. The van der Waals surface area contributed by atoms with Crippen LogP contribution >= 0.6 is 11.8 Å². The molecule has 2 aromatic heterocycles. The van der Waals surface area contributed by atoms with E-state index in [-0.39, 0.29) is 16.9 Å². The van der Waals surface area contributed by atoms with Crippen molar-refractivity contribution in [3.05, 3.63) is 205 Å². The predicted octanol–water partition coefficient (Wildman–Crippen LogP) is 9.18. The zero-order valence-corrected chi connectivity index (χ0v) is 38.0. The lowest BCUT2D eigenvalue weighted by molar-refractivity contribution is 0.472. The number of aromatic hydroxyl groups is 2. The number of hydrogen-bond donors (Lipinski definition) is 2. The molecule has 1 aliphatic rings. The number of benzene rings is 9. The Morgan fingerprint density at radius 2 is 0.955 bits per heavy atom. The number of nitrogens with zero attached hydrogens (tertiary/aromatic N) is 4. The van der Waals surface area contributed by atoms with Gasteiger partial charge in [0.1, 0.15) is 40.4 Å². The third-order valence-corrected chi connectivity index (χ3v) is 14.6. The van der Waals surface area contributed by atoms with Gasteiger partial charge in [0.25, 0.3) is 0 Å². The number of aliphatic imine (C=N–C) groups is 2. The smallest absolute Gasteiger partial charge is 0.177 e. The molecular weight excluding hydrogens is 837 g/mol. The standard InChI is InChI=1S/C57H41B3N4O2S/c58-48-47(53(65)49(59)50(60)54(48)66)42-23-14-26-45(46(42)35-17-6-2-7-18-35)63-43-24-12-10-21-38(43)40-31-32-41-39-22-11-13-25-44(39)64(52(41)51(40)63)57-62-55(61-56(67-57)37-19-8-3-9-20-37)36-29-27-34(28-30-36)33-15-4-1-5-16-33/h1-32,56,65-66H,58-60H2. The van der Waals surface area contributed by atoms with E-state index < -0.39 is 0 Å². The zero-order valence-electron chi connectivity index (χ0n) is 37.1. The summed E-state index contributed by atoms with van der Waals surface area (Å²) in [4.78, 5) is 10.9. The third kappa shape index (κ3) is 6.54. The molecule has 0 radical (unpaired) electrons. The first-order valence-electron chi connectivity index (χ1n) is 22.6. The summed E-state index contributed by atoms with van der Waals surface area (Å²) in [7, 11) is 5.61. The number of aromatic nitrogens is 2. The van der Waals surface area contributed by atoms with Gasteiger partial charge in [-0.25, -0.2) is 9.98 Å². The number of amidine groups is 1. The van der Waals surface area contributed by atoms with Crippen LogP contribution in [0.3, 0.4) is 0 Å². The van der Waals surface area contributed by atoms with E-state index in [4.69, 9.17) is 9.98 Å². The van der Waals surface area contributed by atoms with E-state index in [1.807, 2.05) is 41.7 Å². The van der Waals surface area contributed by atoms with Gasteiger partial charge in [0.2, 0.25) is 0 Å². The van der Waals surface area contributed by atoms with Crippen LogP contribution in [0.1, 0.15) is 16.5 Å². The van der Waals surface area contributed by atoms with Gasteiger partial charge in [-0.05, 0) is 51.5 Å². The average molecular weight is 878 g/mol. The van der Waals surface area contributed by atoms with Crippen molar-refractivity contribution in [1.82, 2.24) is 9.13 Å². The fraction of sp³-hybridized carbons (Fsp3) is 0.0175. The lowest BCUT2D eigenvalue weighted by Crippen LogP contribution is -2.32. The second-order valence-electron chi connectivity index (χ2n) is 17.2. The Hall–Kier alpha value is -7.94. The minimum Gasteiger partial charge on any atom is -0.509 e. The Morgan fingerprint density at radius 1 is 0.433 bits per heavy atom. The molecule has 1 aliphatic heterocycles. The molecule has 0 bridgehead atoms. The second-order valence-corrected chi connectivity index (χ2v) is 18.3. The van der Waals surface area contributed by atoms with Crippen LogP contribution in [0.4, 0.5) is 0 Å². The van der Waals surface area contributed by atoms with Crippen molar-refractivity contribution in [1.29, 1.82) is 0 Å². The van der Waals surface area contributed by atoms with Crippen molar-refractivity contribution in [3.8, 4) is 50.6 Å². The van der Waals surface area contributed by atoms with Gasteiger partial charge in [-0.2, -0.15) is 0 Å². The van der Waals surface area contributed by atoms with Crippen LogP contribution in [0.25, 0.3) is 82.7 Å². The summed E-state index contributed by atoms with van der Waals surface area (Å²) in [5.41, 5.74) is 14.7.